The van der Waals surface area contributed by atoms with Gasteiger partial charge in [-0.3, -0.25) is 4.99 Å². The standard InChI is InChI=1S/C21H25N3O3/c1-22-20(23-12-15-7-8-18-19(11-15)27-14-26-18)24-13-21(9-10-21)16-5-3-4-6-17(16)25-2/h3-8,11H,9-10,12-14H2,1-2H3,(H2,22,23,24). The number of rotatable bonds is 6. The minimum atomic E-state index is 0.128. The summed E-state index contributed by atoms with van der Waals surface area (Å²) in [5.41, 5.74) is 2.52. The summed E-state index contributed by atoms with van der Waals surface area (Å²) in [4.78, 5) is 4.35. The van der Waals surface area contributed by atoms with Crippen molar-refractivity contribution in [1.29, 1.82) is 0 Å². The zero-order chi connectivity index (χ0) is 18.7. The molecule has 0 bridgehead atoms. The van der Waals surface area contributed by atoms with Crippen LogP contribution in [0.25, 0.3) is 0 Å². The van der Waals surface area contributed by atoms with Gasteiger partial charge in [0.1, 0.15) is 5.75 Å². The number of hydrogen-bond donors (Lipinski definition) is 2. The molecule has 1 fully saturated rings. The van der Waals surface area contributed by atoms with E-state index in [0.29, 0.717) is 13.3 Å². The molecule has 2 N–H and O–H groups in total. The number of guanidine groups is 1. The van der Waals surface area contributed by atoms with Crippen LogP contribution in [0.2, 0.25) is 0 Å². The highest BCUT2D eigenvalue weighted by molar-refractivity contribution is 5.79. The fourth-order valence-corrected chi connectivity index (χ4v) is 3.49. The van der Waals surface area contributed by atoms with Crippen LogP contribution in [-0.4, -0.2) is 33.5 Å². The average Bonchev–Trinajstić information content (AvgIpc) is 3.36. The zero-order valence-corrected chi connectivity index (χ0v) is 15.7. The largest absolute Gasteiger partial charge is 0.496 e. The molecule has 2 aliphatic rings. The van der Waals surface area contributed by atoms with E-state index < -0.39 is 0 Å². The Kier molecular flexibility index (Phi) is 4.79. The minimum absolute atomic E-state index is 0.128. The van der Waals surface area contributed by atoms with Gasteiger partial charge in [-0.15, -0.1) is 0 Å². The second-order valence-corrected chi connectivity index (χ2v) is 6.95. The van der Waals surface area contributed by atoms with Crippen LogP contribution in [0.1, 0.15) is 24.0 Å². The Morgan fingerprint density at radius 3 is 2.70 bits per heavy atom. The van der Waals surface area contributed by atoms with Gasteiger partial charge in [-0.25, -0.2) is 0 Å². The highest BCUT2D eigenvalue weighted by Crippen LogP contribution is 2.50. The lowest BCUT2D eigenvalue weighted by molar-refractivity contribution is 0.174. The lowest BCUT2D eigenvalue weighted by atomic mass is 9.95. The van der Waals surface area contributed by atoms with E-state index in [4.69, 9.17) is 14.2 Å². The summed E-state index contributed by atoms with van der Waals surface area (Å²) in [5.74, 6) is 3.34. The maximum Gasteiger partial charge on any atom is 0.231 e. The first-order valence-corrected chi connectivity index (χ1v) is 9.21. The lowest BCUT2D eigenvalue weighted by Crippen LogP contribution is -2.41. The van der Waals surface area contributed by atoms with E-state index in [1.807, 2.05) is 30.3 Å². The first-order chi connectivity index (χ1) is 13.2. The van der Waals surface area contributed by atoms with E-state index in [1.165, 1.54) is 5.56 Å². The zero-order valence-electron chi connectivity index (χ0n) is 15.7. The van der Waals surface area contributed by atoms with Gasteiger partial charge in [0.25, 0.3) is 0 Å². The molecule has 2 aromatic carbocycles. The van der Waals surface area contributed by atoms with Crippen molar-refractivity contribution in [3.63, 3.8) is 0 Å². The predicted molar refractivity (Wildman–Crippen MR) is 105 cm³/mol. The van der Waals surface area contributed by atoms with E-state index in [2.05, 4.69) is 27.8 Å². The maximum absolute atomic E-state index is 5.55. The van der Waals surface area contributed by atoms with Crippen LogP contribution in [0.15, 0.2) is 47.5 Å². The lowest BCUT2D eigenvalue weighted by Gasteiger charge is -2.21. The molecule has 0 saturated heterocycles. The van der Waals surface area contributed by atoms with Crippen LogP contribution in [-0.2, 0) is 12.0 Å². The van der Waals surface area contributed by atoms with Gasteiger partial charge in [0.2, 0.25) is 6.79 Å². The van der Waals surface area contributed by atoms with E-state index in [9.17, 15) is 0 Å². The third-order valence-electron chi connectivity index (χ3n) is 5.25. The smallest absolute Gasteiger partial charge is 0.231 e. The van der Waals surface area contributed by atoms with Crippen LogP contribution in [0.3, 0.4) is 0 Å². The Morgan fingerprint density at radius 1 is 1.11 bits per heavy atom. The van der Waals surface area contributed by atoms with Crippen LogP contribution in [0.4, 0.5) is 0 Å². The number of ether oxygens (including phenoxy) is 3. The van der Waals surface area contributed by atoms with Crippen LogP contribution in [0, 0.1) is 0 Å². The van der Waals surface area contributed by atoms with Gasteiger partial charge in [-0.2, -0.15) is 0 Å². The highest BCUT2D eigenvalue weighted by Gasteiger charge is 2.46. The summed E-state index contributed by atoms with van der Waals surface area (Å²) in [5, 5.41) is 6.84. The molecule has 2 aromatic rings. The summed E-state index contributed by atoms with van der Waals surface area (Å²) in [7, 11) is 3.52. The van der Waals surface area contributed by atoms with Crippen molar-refractivity contribution in [3.05, 3.63) is 53.6 Å². The second-order valence-electron chi connectivity index (χ2n) is 6.95. The van der Waals surface area contributed by atoms with Crippen molar-refractivity contribution in [3.8, 4) is 17.2 Å². The van der Waals surface area contributed by atoms with Crippen molar-refractivity contribution < 1.29 is 14.2 Å². The third-order valence-corrected chi connectivity index (χ3v) is 5.25. The molecule has 1 aliphatic carbocycles. The Labute approximate surface area is 159 Å². The van der Waals surface area contributed by atoms with Crippen molar-refractivity contribution in [2.45, 2.75) is 24.8 Å². The number of nitrogens with one attached hydrogen (secondary N) is 2. The highest BCUT2D eigenvalue weighted by atomic mass is 16.7. The van der Waals surface area contributed by atoms with Gasteiger partial charge in [0.05, 0.1) is 7.11 Å². The number of aliphatic imine (C=N–C) groups is 1. The molecule has 1 heterocycles. The molecule has 0 atom stereocenters. The molecular weight excluding hydrogens is 342 g/mol. The second kappa shape index (κ2) is 7.39. The van der Waals surface area contributed by atoms with Crippen molar-refractivity contribution in [2.24, 2.45) is 4.99 Å². The summed E-state index contributed by atoms with van der Waals surface area (Å²) in [6.45, 7) is 1.78. The number of benzene rings is 2. The molecule has 1 saturated carbocycles. The minimum Gasteiger partial charge on any atom is -0.496 e. The van der Waals surface area contributed by atoms with Gasteiger partial charge in [0, 0.05) is 31.1 Å². The quantitative estimate of drug-likeness (QED) is 0.607. The Balaban J connectivity index is 1.36. The molecule has 6 heteroatoms. The van der Waals surface area contributed by atoms with E-state index >= 15 is 0 Å². The molecule has 6 nitrogen and oxygen atoms in total. The molecule has 0 amide bonds. The summed E-state index contributed by atoms with van der Waals surface area (Å²) in [6.07, 6.45) is 2.30. The summed E-state index contributed by atoms with van der Waals surface area (Å²) < 4.78 is 16.3. The molecule has 4 rings (SSSR count). The van der Waals surface area contributed by atoms with E-state index in [-0.39, 0.29) is 5.41 Å². The van der Waals surface area contributed by atoms with Gasteiger partial charge in [-0.1, -0.05) is 24.3 Å². The van der Waals surface area contributed by atoms with Gasteiger partial charge in [0.15, 0.2) is 17.5 Å². The van der Waals surface area contributed by atoms with Crippen LogP contribution in [0.5, 0.6) is 17.2 Å². The van der Waals surface area contributed by atoms with Crippen LogP contribution >= 0.6 is 0 Å². The van der Waals surface area contributed by atoms with Crippen molar-refractivity contribution in [1.82, 2.24) is 10.6 Å². The topological polar surface area (TPSA) is 64.1 Å². The average molecular weight is 367 g/mol. The molecule has 0 aromatic heterocycles. The SMILES string of the molecule is CN=C(NCc1ccc2c(c1)OCO2)NCC1(c2ccccc2OC)CC1. The summed E-state index contributed by atoms with van der Waals surface area (Å²) >= 11 is 0. The first kappa shape index (κ1) is 17.5. The van der Waals surface area contributed by atoms with Gasteiger partial charge >= 0.3 is 0 Å². The molecule has 0 unspecified atom stereocenters. The molecule has 0 radical (unpaired) electrons. The monoisotopic (exact) mass is 367 g/mol. The molecule has 27 heavy (non-hydrogen) atoms. The van der Waals surface area contributed by atoms with Crippen molar-refractivity contribution in [2.75, 3.05) is 27.5 Å². The third kappa shape index (κ3) is 3.65. The van der Waals surface area contributed by atoms with Crippen molar-refractivity contribution >= 4 is 5.96 Å². The molecule has 142 valence electrons. The normalized spacial score (nSPS) is 16.7. The Morgan fingerprint density at radius 2 is 1.93 bits per heavy atom. The fourth-order valence-electron chi connectivity index (χ4n) is 3.49. The summed E-state index contributed by atoms with van der Waals surface area (Å²) in [6, 6.07) is 14.3. The number of nitrogens with zero attached hydrogens (tertiary/aromatic N) is 1. The Bertz CT molecular complexity index is 846. The molecule has 0 spiro atoms. The van der Waals surface area contributed by atoms with Gasteiger partial charge < -0.3 is 24.8 Å². The molecule has 1 aliphatic heterocycles. The Hall–Kier alpha value is -2.89. The van der Waals surface area contributed by atoms with E-state index in [1.54, 1.807) is 14.2 Å². The van der Waals surface area contributed by atoms with Crippen LogP contribution < -0.4 is 24.8 Å². The number of hydrogen-bond acceptors (Lipinski definition) is 4. The maximum atomic E-state index is 5.55. The molecular formula is C21H25N3O3. The fraction of sp³-hybridized carbons (Fsp3) is 0.381. The first-order valence-electron chi connectivity index (χ1n) is 9.21. The number of para-hydroxylation sites is 1. The number of fused-ring (bicyclic) bond motifs is 1. The number of methoxy groups -OCH3 is 1. The van der Waals surface area contributed by atoms with E-state index in [0.717, 1.165) is 48.2 Å². The van der Waals surface area contributed by atoms with Gasteiger partial charge in [-0.05, 0) is 36.6 Å². The predicted octanol–water partition coefficient (Wildman–Crippen LogP) is 2.82.